The summed E-state index contributed by atoms with van der Waals surface area (Å²) in [6.45, 7) is 10.2. The van der Waals surface area contributed by atoms with E-state index in [0.29, 0.717) is 6.42 Å². The van der Waals surface area contributed by atoms with E-state index in [0.717, 1.165) is 21.3 Å². The van der Waals surface area contributed by atoms with Gasteiger partial charge >= 0.3 is 0 Å². The summed E-state index contributed by atoms with van der Waals surface area (Å²) in [5.74, 6) is 0.0711. The van der Waals surface area contributed by atoms with Crippen LogP contribution in [-0.2, 0) is 4.79 Å². The number of hydrogen-bond donors (Lipinski definition) is 1. The largest absolute Gasteiger partial charge is 0.326 e. The van der Waals surface area contributed by atoms with Crippen molar-refractivity contribution in [3.63, 3.8) is 0 Å². The van der Waals surface area contributed by atoms with Gasteiger partial charge in [0, 0.05) is 16.6 Å². The summed E-state index contributed by atoms with van der Waals surface area (Å²) in [5, 5.41) is 3.01. The van der Waals surface area contributed by atoms with Gasteiger partial charge in [-0.25, -0.2) is 0 Å². The van der Waals surface area contributed by atoms with Crippen LogP contribution in [0.3, 0.4) is 0 Å². The molecule has 0 spiro atoms. The zero-order valence-corrected chi connectivity index (χ0v) is 12.7. The highest BCUT2D eigenvalue weighted by Crippen LogP contribution is 2.28. The van der Waals surface area contributed by atoms with E-state index in [4.69, 9.17) is 0 Å². The fourth-order valence-corrected chi connectivity index (χ4v) is 2.01. The van der Waals surface area contributed by atoms with Crippen molar-refractivity contribution >= 4 is 27.5 Å². The molecule has 0 aliphatic heterocycles. The molecule has 0 fully saturated rings. The first-order chi connectivity index (χ1) is 7.70. The van der Waals surface area contributed by atoms with E-state index in [1.54, 1.807) is 0 Å². The summed E-state index contributed by atoms with van der Waals surface area (Å²) in [5.41, 5.74) is 3.10. The van der Waals surface area contributed by atoms with Crippen molar-refractivity contribution in [3.05, 3.63) is 27.7 Å². The third-order valence-electron chi connectivity index (χ3n) is 2.56. The van der Waals surface area contributed by atoms with Gasteiger partial charge in [0.1, 0.15) is 0 Å². The molecule has 0 atom stereocenters. The van der Waals surface area contributed by atoms with Crippen LogP contribution in [0.5, 0.6) is 0 Å². The first kappa shape index (κ1) is 14.2. The average molecular weight is 298 g/mol. The third-order valence-corrected chi connectivity index (χ3v) is 3.42. The number of halogens is 1. The average Bonchev–Trinajstić information content (AvgIpc) is 2.16. The first-order valence-corrected chi connectivity index (χ1v) is 6.55. The lowest BCUT2D eigenvalue weighted by molar-refractivity contribution is -0.117. The monoisotopic (exact) mass is 297 g/mol. The van der Waals surface area contributed by atoms with E-state index in [1.807, 2.05) is 26.0 Å². The molecule has 94 valence electrons. The number of anilines is 1. The Morgan fingerprint density at radius 3 is 2.41 bits per heavy atom. The minimum atomic E-state index is 0.0118. The Labute approximate surface area is 112 Å². The maximum atomic E-state index is 11.9. The van der Waals surface area contributed by atoms with Crippen molar-refractivity contribution < 1.29 is 4.79 Å². The summed E-state index contributed by atoms with van der Waals surface area (Å²) in [7, 11) is 0. The van der Waals surface area contributed by atoms with Gasteiger partial charge in [-0.1, -0.05) is 42.8 Å². The molecular formula is C14H20BrNO. The number of hydrogen-bond acceptors (Lipinski definition) is 1. The Morgan fingerprint density at radius 2 is 1.88 bits per heavy atom. The van der Waals surface area contributed by atoms with Crippen LogP contribution in [0.4, 0.5) is 5.69 Å². The maximum absolute atomic E-state index is 11.9. The summed E-state index contributed by atoms with van der Waals surface area (Å²) in [6, 6.07) is 4.01. The number of nitrogens with one attached hydrogen (secondary N) is 1. The number of carbonyl (C=O) groups excluding carboxylic acids is 1. The third kappa shape index (κ3) is 4.15. The van der Waals surface area contributed by atoms with Gasteiger partial charge < -0.3 is 5.32 Å². The molecule has 0 saturated carbocycles. The molecule has 0 radical (unpaired) electrons. The van der Waals surface area contributed by atoms with Gasteiger partial charge in [-0.05, 0) is 36.5 Å². The van der Waals surface area contributed by atoms with Gasteiger partial charge in [-0.15, -0.1) is 0 Å². The van der Waals surface area contributed by atoms with Crippen molar-refractivity contribution in [2.75, 3.05) is 5.32 Å². The highest BCUT2D eigenvalue weighted by molar-refractivity contribution is 9.10. The van der Waals surface area contributed by atoms with Crippen molar-refractivity contribution in [2.45, 2.75) is 41.0 Å². The zero-order chi connectivity index (χ0) is 13.2. The molecule has 2 nitrogen and oxygen atoms in total. The van der Waals surface area contributed by atoms with Gasteiger partial charge in [0.05, 0.1) is 0 Å². The summed E-state index contributed by atoms with van der Waals surface area (Å²) >= 11 is 3.48. The highest BCUT2D eigenvalue weighted by atomic mass is 79.9. The minimum Gasteiger partial charge on any atom is -0.326 e. The summed E-state index contributed by atoms with van der Waals surface area (Å²) < 4.78 is 1.02. The van der Waals surface area contributed by atoms with E-state index in [1.165, 1.54) is 0 Å². The van der Waals surface area contributed by atoms with E-state index >= 15 is 0 Å². The van der Waals surface area contributed by atoms with Crippen molar-refractivity contribution in [1.82, 2.24) is 0 Å². The normalized spacial score (nSPS) is 11.4. The molecular weight excluding hydrogens is 278 g/mol. The molecule has 0 unspecified atom stereocenters. The van der Waals surface area contributed by atoms with Gasteiger partial charge in [-0.3, -0.25) is 4.79 Å². The maximum Gasteiger partial charge on any atom is 0.224 e. The summed E-state index contributed by atoms with van der Waals surface area (Å²) in [6.07, 6.45) is 0.526. The molecule has 0 bridgehead atoms. The van der Waals surface area contributed by atoms with Crippen molar-refractivity contribution in [3.8, 4) is 0 Å². The van der Waals surface area contributed by atoms with Crippen LogP contribution >= 0.6 is 15.9 Å². The molecule has 1 aromatic rings. The van der Waals surface area contributed by atoms with Crippen LogP contribution in [0.2, 0.25) is 0 Å². The standard InChI is InChI=1S/C14H20BrNO/c1-9-6-7-11(15)10(2)13(9)16-12(17)8-14(3,4)5/h6-7H,8H2,1-5H3,(H,16,17). The first-order valence-electron chi connectivity index (χ1n) is 5.76. The molecule has 0 aliphatic carbocycles. The number of rotatable bonds is 2. The molecule has 3 heteroatoms. The predicted octanol–water partition coefficient (Wildman–Crippen LogP) is 4.44. The number of amides is 1. The molecule has 1 rings (SSSR count). The lowest BCUT2D eigenvalue weighted by atomic mass is 9.92. The minimum absolute atomic E-state index is 0.0118. The number of carbonyl (C=O) groups is 1. The summed E-state index contributed by atoms with van der Waals surface area (Å²) in [4.78, 5) is 11.9. The van der Waals surface area contributed by atoms with Crippen LogP contribution in [0.1, 0.15) is 38.3 Å². The smallest absolute Gasteiger partial charge is 0.224 e. The quantitative estimate of drug-likeness (QED) is 0.859. The topological polar surface area (TPSA) is 29.1 Å². The van der Waals surface area contributed by atoms with Gasteiger partial charge in [0.15, 0.2) is 0 Å². The second-order valence-electron chi connectivity index (χ2n) is 5.65. The Hall–Kier alpha value is -0.830. The predicted molar refractivity (Wildman–Crippen MR) is 76.3 cm³/mol. The van der Waals surface area contributed by atoms with Crippen LogP contribution < -0.4 is 5.32 Å². The molecule has 1 N–H and O–H groups in total. The van der Waals surface area contributed by atoms with E-state index in [-0.39, 0.29) is 11.3 Å². The Bertz CT molecular complexity index is 433. The van der Waals surface area contributed by atoms with Crippen molar-refractivity contribution in [1.29, 1.82) is 0 Å². The number of aryl methyl sites for hydroxylation is 1. The zero-order valence-electron chi connectivity index (χ0n) is 11.1. The fourth-order valence-electron chi connectivity index (χ4n) is 1.68. The Balaban J connectivity index is 2.89. The highest BCUT2D eigenvalue weighted by Gasteiger charge is 2.17. The molecule has 1 aromatic carbocycles. The molecule has 1 amide bonds. The van der Waals surface area contributed by atoms with E-state index in [2.05, 4.69) is 42.0 Å². The van der Waals surface area contributed by atoms with Gasteiger partial charge in [-0.2, -0.15) is 0 Å². The van der Waals surface area contributed by atoms with Crippen LogP contribution in [-0.4, -0.2) is 5.91 Å². The second-order valence-corrected chi connectivity index (χ2v) is 6.50. The Kier molecular flexibility index (Phi) is 4.36. The molecule has 0 aliphatic rings. The Morgan fingerprint density at radius 1 is 1.29 bits per heavy atom. The van der Waals surface area contributed by atoms with Gasteiger partial charge in [0.25, 0.3) is 0 Å². The second kappa shape index (κ2) is 5.21. The number of benzene rings is 1. The lowest BCUT2D eigenvalue weighted by Crippen LogP contribution is -2.20. The SMILES string of the molecule is Cc1ccc(Br)c(C)c1NC(=O)CC(C)(C)C. The molecule has 17 heavy (non-hydrogen) atoms. The van der Waals surface area contributed by atoms with Gasteiger partial charge in [0.2, 0.25) is 5.91 Å². The molecule has 0 heterocycles. The molecule has 0 saturated heterocycles. The molecule has 0 aromatic heterocycles. The lowest BCUT2D eigenvalue weighted by Gasteiger charge is -2.19. The van der Waals surface area contributed by atoms with Crippen LogP contribution in [0, 0.1) is 19.3 Å². The van der Waals surface area contributed by atoms with Crippen LogP contribution in [0.25, 0.3) is 0 Å². The van der Waals surface area contributed by atoms with Crippen molar-refractivity contribution in [2.24, 2.45) is 5.41 Å². The van der Waals surface area contributed by atoms with E-state index < -0.39 is 0 Å². The fraction of sp³-hybridized carbons (Fsp3) is 0.500. The van der Waals surface area contributed by atoms with Crippen LogP contribution in [0.15, 0.2) is 16.6 Å². The van der Waals surface area contributed by atoms with E-state index in [9.17, 15) is 4.79 Å².